The molecule has 134 valence electrons. The Morgan fingerprint density at radius 3 is 2.64 bits per heavy atom. The lowest BCUT2D eigenvalue weighted by atomic mass is 9.97. The van der Waals surface area contributed by atoms with Crippen LogP contribution in [-0.2, 0) is 6.18 Å². The van der Waals surface area contributed by atoms with Gasteiger partial charge in [-0.3, -0.25) is 4.79 Å². The molecule has 1 amide bonds. The number of hydrogen-bond donors (Lipinski definition) is 2. The predicted molar refractivity (Wildman–Crippen MR) is 86.3 cm³/mol. The molecule has 5 nitrogen and oxygen atoms in total. The molecule has 1 aromatic heterocycles. The van der Waals surface area contributed by atoms with Gasteiger partial charge in [0.1, 0.15) is 0 Å². The number of carbonyl (C=O) groups is 1. The third kappa shape index (κ3) is 3.68. The zero-order valence-corrected chi connectivity index (χ0v) is 13.5. The molecule has 3 rings (SSSR count). The van der Waals surface area contributed by atoms with Crippen LogP contribution < -0.4 is 11.1 Å². The molecule has 1 heterocycles. The Morgan fingerprint density at radius 1 is 1.28 bits per heavy atom. The summed E-state index contributed by atoms with van der Waals surface area (Å²) in [5.74, 6) is -0.363. The molecule has 3 N–H and O–H groups in total. The van der Waals surface area contributed by atoms with E-state index in [0.29, 0.717) is 6.54 Å². The van der Waals surface area contributed by atoms with E-state index in [4.69, 9.17) is 5.73 Å². The van der Waals surface area contributed by atoms with Crippen LogP contribution in [0.4, 0.5) is 13.2 Å². The van der Waals surface area contributed by atoms with E-state index in [0.717, 1.165) is 37.8 Å². The Kier molecular flexibility index (Phi) is 4.55. The maximum Gasteiger partial charge on any atom is 0.416 e. The second-order valence-electron chi connectivity index (χ2n) is 6.34. The molecular weight excluding hydrogens is 333 g/mol. The molecule has 1 saturated carbocycles. The summed E-state index contributed by atoms with van der Waals surface area (Å²) < 4.78 is 39.7. The van der Waals surface area contributed by atoms with Crippen molar-refractivity contribution in [1.29, 1.82) is 0 Å². The molecule has 0 radical (unpaired) electrons. The average Bonchev–Trinajstić information content (AvgIpc) is 3.24. The van der Waals surface area contributed by atoms with Gasteiger partial charge in [0.15, 0.2) is 5.69 Å². The van der Waals surface area contributed by atoms with E-state index >= 15 is 0 Å². The van der Waals surface area contributed by atoms with Crippen molar-refractivity contribution >= 4 is 5.91 Å². The Hall–Kier alpha value is -2.35. The summed E-state index contributed by atoms with van der Waals surface area (Å²) in [6.45, 7) is 0.354. The lowest BCUT2D eigenvalue weighted by Crippen LogP contribution is -2.51. The molecule has 8 heteroatoms. The molecule has 25 heavy (non-hydrogen) atoms. The summed E-state index contributed by atoms with van der Waals surface area (Å²) in [5, 5.41) is 7.05. The Morgan fingerprint density at radius 2 is 2.00 bits per heavy atom. The first kappa shape index (κ1) is 17.5. The molecule has 1 aromatic carbocycles. The molecular formula is C17H19F3N4O. The minimum absolute atomic E-state index is 0.150. The maximum absolute atomic E-state index is 12.8. The fraction of sp³-hybridized carbons (Fsp3) is 0.412. The van der Waals surface area contributed by atoms with Crippen LogP contribution in [0.3, 0.4) is 0 Å². The van der Waals surface area contributed by atoms with Crippen LogP contribution in [0, 0.1) is 0 Å². The van der Waals surface area contributed by atoms with Gasteiger partial charge >= 0.3 is 6.18 Å². The summed E-state index contributed by atoms with van der Waals surface area (Å²) in [4.78, 5) is 12.4. The van der Waals surface area contributed by atoms with Crippen molar-refractivity contribution in [2.24, 2.45) is 5.73 Å². The highest BCUT2D eigenvalue weighted by molar-refractivity contribution is 5.92. The number of aromatic nitrogens is 2. The third-order valence-electron chi connectivity index (χ3n) is 4.59. The van der Waals surface area contributed by atoms with Gasteiger partial charge in [-0.05, 0) is 37.1 Å². The van der Waals surface area contributed by atoms with Crippen LogP contribution in [0.1, 0.15) is 41.7 Å². The third-order valence-corrected chi connectivity index (χ3v) is 4.59. The van der Waals surface area contributed by atoms with Crippen LogP contribution in [0.2, 0.25) is 0 Å². The van der Waals surface area contributed by atoms with E-state index in [1.165, 1.54) is 29.1 Å². The number of nitrogens with zero attached hydrogens (tertiary/aromatic N) is 2. The van der Waals surface area contributed by atoms with E-state index in [2.05, 4.69) is 10.4 Å². The van der Waals surface area contributed by atoms with Gasteiger partial charge in [-0.25, -0.2) is 4.68 Å². The highest BCUT2D eigenvalue weighted by atomic mass is 19.4. The van der Waals surface area contributed by atoms with E-state index in [1.807, 2.05) is 0 Å². The van der Waals surface area contributed by atoms with Crippen molar-refractivity contribution in [1.82, 2.24) is 15.1 Å². The highest BCUT2D eigenvalue weighted by Gasteiger charge is 2.34. The second kappa shape index (κ2) is 6.51. The first-order chi connectivity index (χ1) is 11.8. The lowest BCUT2D eigenvalue weighted by molar-refractivity contribution is -0.137. The normalized spacial score (nSPS) is 16.8. The van der Waals surface area contributed by atoms with E-state index in [1.54, 1.807) is 0 Å². The first-order valence-electron chi connectivity index (χ1n) is 8.09. The maximum atomic E-state index is 12.8. The van der Waals surface area contributed by atoms with Gasteiger partial charge in [0, 0.05) is 12.7 Å². The summed E-state index contributed by atoms with van der Waals surface area (Å²) in [7, 11) is 0. The van der Waals surface area contributed by atoms with Crippen LogP contribution in [0.5, 0.6) is 0 Å². The second-order valence-corrected chi connectivity index (χ2v) is 6.34. The average molecular weight is 352 g/mol. The number of nitrogens with two attached hydrogens (primary N) is 1. The topological polar surface area (TPSA) is 72.9 Å². The van der Waals surface area contributed by atoms with Crippen molar-refractivity contribution in [3.05, 3.63) is 47.8 Å². The number of nitrogens with one attached hydrogen (secondary N) is 1. The van der Waals surface area contributed by atoms with Gasteiger partial charge in [-0.2, -0.15) is 18.3 Å². The number of benzene rings is 1. The summed E-state index contributed by atoms with van der Waals surface area (Å²) >= 11 is 0. The monoisotopic (exact) mass is 352 g/mol. The zero-order valence-electron chi connectivity index (χ0n) is 13.5. The van der Waals surface area contributed by atoms with Crippen molar-refractivity contribution in [3.8, 4) is 5.69 Å². The fourth-order valence-electron chi connectivity index (χ4n) is 3.15. The van der Waals surface area contributed by atoms with Crippen molar-refractivity contribution in [2.75, 3.05) is 6.54 Å². The molecule has 1 aliphatic rings. The van der Waals surface area contributed by atoms with E-state index < -0.39 is 17.3 Å². The van der Waals surface area contributed by atoms with Gasteiger partial charge in [-0.1, -0.05) is 18.9 Å². The number of halogens is 3. The van der Waals surface area contributed by atoms with Crippen LogP contribution in [0.15, 0.2) is 36.5 Å². The summed E-state index contributed by atoms with van der Waals surface area (Å²) in [5.41, 5.74) is 5.02. The smallest absolute Gasteiger partial charge is 0.344 e. The SMILES string of the molecule is NCC1(NC(=O)c2ccn(-c3cccc(C(F)(F)F)c3)n2)CCCC1. The standard InChI is InChI=1S/C17H19F3N4O/c18-17(19,20)12-4-3-5-13(10-12)24-9-6-14(23-24)15(25)22-16(11-21)7-1-2-8-16/h3-6,9-10H,1-2,7-8,11,21H2,(H,22,25). The minimum atomic E-state index is -4.43. The van der Waals surface area contributed by atoms with Crippen molar-refractivity contribution in [3.63, 3.8) is 0 Å². The van der Waals surface area contributed by atoms with Crippen LogP contribution in [-0.4, -0.2) is 27.8 Å². The largest absolute Gasteiger partial charge is 0.416 e. The number of carbonyl (C=O) groups excluding carboxylic acids is 1. The van der Waals surface area contributed by atoms with Gasteiger partial charge in [0.2, 0.25) is 0 Å². The zero-order chi connectivity index (χ0) is 18.1. The molecule has 0 bridgehead atoms. The van der Waals surface area contributed by atoms with Crippen molar-refractivity contribution < 1.29 is 18.0 Å². The quantitative estimate of drug-likeness (QED) is 0.889. The van der Waals surface area contributed by atoms with E-state index in [9.17, 15) is 18.0 Å². The van der Waals surface area contributed by atoms with Gasteiger partial charge in [-0.15, -0.1) is 0 Å². The van der Waals surface area contributed by atoms with Gasteiger partial charge < -0.3 is 11.1 Å². The Balaban J connectivity index is 1.79. The number of hydrogen-bond acceptors (Lipinski definition) is 3. The number of rotatable bonds is 4. The highest BCUT2D eigenvalue weighted by Crippen LogP contribution is 2.30. The molecule has 0 unspecified atom stereocenters. The predicted octanol–water partition coefficient (Wildman–Crippen LogP) is 2.89. The Labute approximate surface area is 143 Å². The van der Waals surface area contributed by atoms with E-state index in [-0.39, 0.29) is 17.3 Å². The Bertz CT molecular complexity index is 763. The molecule has 0 saturated heterocycles. The molecule has 0 spiro atoms. The fourth-order valence-corrected chi connectivity index (χ4v) is 3.15. The van der Waals surface area contributed by atoms with Crippen molar-refractivity contribution in [2.45, 2.75) is 37.4 Å². The van der Waals surface area contributed by atoms with Gasteiger partial charge in [0.25, 0.3) is 5.91 Å². The molecule has 2 aromatic rings. The molecule has 0 aliphatic heterocycles. The number of amides is 1. The summed E-state index contributed by atoms with van der Waals surface area (Å²) in [6, 6.07) is 6.28. The van der Waals surface area contributed by atoms with Crippen LogP contribution >= 0.6 is 0 Å². The molecule has 0 atom stereocenters. The first-order valence-corrected chi connectivity index (χ1v) is 8.09. The lowest BCUT2D eigenvalue weighted by Gasteiger charge is -2.28. The minimum Gasteiger partial charge on any atom is -0.344 e. The molecule has 1 aliphatic carbocycles. The molecule has 1 fully saturated rings. The van der Waals surface area contributed by atoms with Crippen LogP contribution in [0.25, 0.3) is 5.69 Å². The van der Waals surface area contributed by atoms with Gasteiger partial charge in [0.05, 0.1) is 16.8 Å². The number of alkyl halides is 3. The summed E-state index contributed by atoms with van der Waals surface area (Å²) in [6.07, 6.45) is 0.701.